The van der Waals surface area contributed by atoms with E-state index in [4.69, 9.17) is 9.47 Å². The number of nitriles is 1. The van der Waals surface area contributed by atoms with E-state index in [0.717, 1.165) is 10.9 Å². The number of fused-ring (bicyclic) bond motifs is 1. The van der Waals surface area contributed by atoms with E-state index in [9.17, 15) is 14.9 Å². The number of carbonyl (C=O) groups excluding carboxylic acids is 2. The fraction of sp³-hybridized carbons (Fsp3) is 0.353. The van der Waals surface area contributed by atoms with Crippen molar-refractivity contribution in [2.24, 2.45) is 0 Å². The largest absolute Gasteiger partial charge is 0.468 e. The van der Waals surface area contributed by atoms with Gasteiger partial charge < -0.3 is 9.47 Å². The number of benzene rings is 1. The molecule has 0 aliphatic carbocycles. The summed E-state index contributed by atoms with van der Waals surface area (Å²) < 4.78 is 10.9. The van der Waals surface area contributed by atoms with E-state index in [1.54, 1.807) is 12.1 Å². The molecule has 0 saturated heterocycles. The monoisotopic (exact) mass is 314 g/mol. The summed E-state index contributed by atoms with van der Waals surface area (Å²) in [5.74, 6) is -1.91. The molecule has 1 unspecified atom stereocenters. The Balaban J connectivity index is 2.94. The second-order valence-electron chi connectivity index (χ2n) is 5.36. The third kappa shape index (κ3) is 2.66. The van der Waals surface area contributed by atoms with Crippen LogP contribution in [0.1, 0.15) is 36.9 Å². The van der Waals surface area contributed by atoms with Crippen LogP contribution in [0.3, 0.4) is 0 Å². The third-order valence-electron chi connectivity index (χ3n) is 3.73. The number of methoxy groups -OCH3 is 2. The molecule has 0 bridgehead atoms. The Morgan fingerprint density at radius 3 is 2.35 bits per heavy atom. The first kappa shape index (κ1) is 16.6. The van der Waals surface area contributed by atoms with Crippen molar-refractivity contribution in [1.82, 2.24) is 4.57 Å². The van der Waals surface area contributed by atoms with Crippen LogP contribution in [0.15, 0.2) is 24.3 Å². The normalized spacial score (nSPS) is 12.0. The zero-order valence-corrected chi connectivity index (χ0v) is 13.5. The summed E-state index contributed by atoms with van der Waals surface area (Å²) in [6.45, 7) is 3.89. The summed E-state index contributed by atoms with van der Waals surface area (Å²) in [5, 5.41) is 10.3. The summed E-state index contributed by atoms with van der Waals surface area (Å²) in [7, 11) is 2.47. The molecular formula is C17H18N2O4. The quantitative estimate of drug-likeness (QED) is 0.813. The lowest BCUT2D eigenvalue weighted by atomic mass is 9.93. The van der Waals surface area contributed by atoms with Crippen molar-refractivity contribution in [2.75, 3.05) is 14.2 Å². The molecule has 1 aromatic carbocycles. The number of nitrogens with zero attached hydrogens (tertiary/aromatic N) is 2. The second-order valence-corrected chi connectivity index (χ2v) is 5.36. The summed E-state index contributed by atoms with van der Waals surface area (Å²) in [6, 6.07) is 9.19. The summed E-state index contributed by atoms with van der Waals surface area (Å²) in [4.78, 5) is 24.3. The van der Waals surface area contributed by atoms with Crippen LogP contribution < -0.4 is 0 Å². The Hall–Kier alpha value is -2.81. The van der Waals surface area contributed by atoms with Gasteiger partial charge in [0, 0.05) is 5.39 Å². The molecule has 2 rings (SSSR count). The first-order valence-electron chi connectivity index (χ1n) is 7.16. The number of hydrogen-bond acceptors (Lipinski definition) is 5. The molecule has 0 saturated carbocycles. The van der Waals surface area contributed by atoms with E-state index in [-0.39, 0.29) is 5.92 Å². The van der Waals surface area contributed by atoms with Crippen molar-refractivity contribution in [3.63, 3.8) is 0 Å². The highest BCUT2D eigenvalue weighted by molar-refractivity contribution is 5.97. The maximum Gasteiger partial charge on any atom is 0.418 e. The summed E-state index contributed by atoms with van der Waals surface area (Å²) in [6.07, 6.45) is -0.646. The highest BCUT2D eigenvalue weighted by Gasteiger charge is 2.33. The Labute approximate surface area is 134 Å². The zero-order valence-electron chi connectivity index (χ0n) is 13.5. The van der Waals surface area contributed by atoms with Crippen LogP contribution in [0.5, 0.6) is 0 Å². The van der Waals surface area contributed by atoms with Crippen LogP contribution >= 0.6 is 0 Å². The number of carbonyl (C=O) groups is 2. The van der Waals surface area contributed by atoms with Gasteiger partial charge in [0.1, 0.15) is 0 Å². The van der Waals surface area contributed by atoms with Gasteiger partial charge in [0.25, 0.3) is 0 Å². The van der Waals surface area contributed by atoms with Crippen molar-refractivity contribution >= 4 is 23.0 Å². The molecule has 6 heteroatoms. The minimum absolute atomic E-state index is 0.00122. The zero-order chi connectivity index (χ0) is 17.1. The molecule has 120 valence electrons. The van der Waals surface area contributed by atoms with Gasteiger partial charge in [-0.1, -0.05) is 32.0 Å². The van der Waals surface area contributed by atoms with Crippen LogP contribution in [-0.4, -0.2) is 30.8 Å². The SMILES string of the molecule is COC(=O)C(C#N)c1c(C(C)C)c2ccccc2n1C(=O)OC. The highest BCUT2D eigenvalue weighted by atomic mass is 16.5. The van der Waals surface area contributed by atoms with Crippen LogP contribution in [0.4, 0.5) is 4.79 Å². The molecule has 2 aromatic rings. The first-order chi connectivity index (χ1) is 11.0. The molecule has 1 aromatic heterocycles. The van der Waals surface area contributed by atoms with E-state index in [2.05, 4.69) is 0 Å². The van der Waals surface area contributed by atoms with Crippen molar-refractivity contribution in [1.29, 1.82) is 5.26 Å². The maximum absolute atomic E-state index is 12.3. The molecule has 1 heterocycles. The summed E-state index contributed by atoms with van der Waals surface area (Å²) in [5.41, 5.74) is 1.67. The molecule has 0 aliphatic heterocycles. The van der Waals surface area contributed by atoms with Gasteiger partial charge >= 0.3 is 12.1 Å². The average molecular weight is 314 g/mol. The van der Waals surface area contributed by atoms with Gasteiger partial charge in [0.2, 0.25) is 0 Å². The highest BCUT2D eigenvalue weighted by Crippen LogP contribution is 2.36. The number of esters is 1. The van der Waals surface area contributed by atoms with E-state index in [1.807, 2.05) is 32.0 Å². The molecule has 0 N–H and O–H groups in total. The van der Waals surface area contributed by atoms with Gasteiger partial charge in [-0.25, -0.2) is 9.36 Å². The number of hydrogen-bond donors (Lipinski definition) is 0. The molecule has 0 radical (unpaired) electrons. The van der Waals surface area contributed by atoms with Crippen LogP contribution in [-0.2, 0) is 14.3 Å². The van der Waals surface area contributed by atoms with E-state index in [0.29, 0.717) is 11.2 Å². The maximum atomic E-state index is 12.3. The van der Waals surface area contributed by atoms with Crippen LogP contribution in [0.25, 0.3) is 10.9 Å². The lowest BCUT2D eigenvalue weighted by Gasteiger charge is -2.15. The lowest BCUT2D eigenvalue weighted by molar-refractivity contribution is -0.141. The lowest BCUT2D eigenvalue weighted by Crippen LogP contribution is -2.22. The van der Waals surface area contributed by atoms with Crippen LogP contribution in [0.2, 0.25) is 0 Å². The Kier molecular flexibility index (Phi) is 4.70. The molecule has 23 heavy (non-hydrogen) atoms. The number of aromatic nitrogens is 1. The third-order valence-corrected chi connectivity index (χ3v) is 3.73. The number of rotatable bonds is 3. The predicted molar refractivity (Wildman–Crippen MR) is 84.2 cm³/mol. The van der Waals surface area contributed by atoms with Crippen LogP contribution in [0, 0.1) is 11.3 Å². The number of para-hydroxylation sites is 1. The van der Waals surface area contributed by atoms with Crippen molar-refractivity contribution in [2.45, 2.75) is 25.7 Å². The Morgan fingerprint density at radius 1 is 1.17 bits per heavy atom. The fourth-order valence-corrected chi connectivity index (χ4v) is 2.81. The van der Waals surface area contributed by atoms with E-state index < -0.39 is 18.0 Å². The number of ether oxygens (including phenoxy) is 2. The molecule has 0 aliphatic rings. The van der Waals surface area contributed by atoms with Gasteiger partial charge in [0.15, 0.2) is 5.92 Å². The predicted octanol–water partition coefficient (Wildman–Crippen LogP) is 3.16. The molecule has 0 amide bonds. The van der Waals surface area contributed by atoms with E-state index >= 15 is 0 Å². The smallest absolute Gasteiger partial charge is 0.418 e. The molecule has 0 fully saturated rings. The van der Waals surface area contributed by atoms with Crippen molar-refractivity contribution in [3.8, 4) is 6.07 Å². The second kappa shape index (κ2) is 6.53. The summed E-state index contributed by atoms with van der Waals surface area (Å²) >= 11 is 0. The topological polar surface area (TPSA) is 81.3 Å². The van der Waals surface area contributed by atoms with Gasteiger partial charge in [-0.15, -0.1) is 0 Å². The average Bonchev–Trinajstić information content (AvgIpc) is 2.89. The molecule has 0 spiro atoms. The van der Waals surface area contributed by atoms with Gasteiger partial charge in [-0.3, -0.25) is 4.79 Å². The van der Waals surface area contributed by atoms with Gasteiger partial charge in [-0.05, 0) is 17.5 Å². The Morgan fingerprint density at radius 2 is 1.83 bits per heavy atom. The van der Waals surface area contributed by atoms with E-state index in [1.165, 1.54) is 18.8 Å². The van der Waals surface area contributed by atoms with Crippen molar-refractivity contribution < 1.29 is 19.1 Å². The molecule has 6 nitrogen and oxygen atoms in total. The molecular weight excluding hydrogens is 296 g/mol. The Bertz CT molecular complexity index is 799. The molecule has 1 atom stereocenters. The minimum Gasteiger partial charge on any atom is -0.468 e. The van der Waals surface area contributed by atoms with Crippen molar-refractivity contribution in [3.05, 3.63) is 35.5 Å². The minimum atomic E-state index is -1.20. The van der Waals surface area contributed by atoms with Gasteiger partial charge in [0.05, 0.1) is 31.5 Å². The van der Waals surface area contributed by atoms with Gasteiger partial charge in [-0.2, -0.15) is 5.26 Å². The standard InChI is InChI=1S/C17H18N2O4/c1-10(2)14-11-7-5-6-8-13(11)19(17(21)23-4)15(14)12(9-18)16(20)22-3/h5-8,10,12H,1-4H3. The first-order valence-corrected chi connectivity index (χ1v) is 7.16. The fourth-order valence-electron chi connectivity index (χ4n) is 2.81.